The number of nitrogens with one attached hydrogen (secondary N) is 1. The van der Waals surface area contributed by atoms with Gasteiger partial charge in [0.25, 0.3) is 5.91 Å². The van der Waals surface area contributed by atoms with Gasteiger partial charge in [-0.3, -0.25) is 4.79 Å². The predicted octanol–water partition coefficient (Wildman–Crippen LogP) is 1.53. The molecule has 0 unspecified atom stereocenters. The molecule has 0 fully saturated rings. The second-order valence-corrected chi connectivity index (χ2v) is 7.06. The van der Waals surface area contributed by atoms with Crippen molar-refractivity contribution in [3.05, 3.63) is 35.9 Å². The molecule has 0 saturated carbocycles. The molecule has 0 aromatic heterocycles. The van der Waals surface area contributed by atoms with E-state index in [-0.39, 0.29) is 43.1 Å². The van der Waals surface area contributed by atoms with Crippen molar-refractivity contribution in [1.29, 1.82) is 0 Å². The van der Waals surface area contributed by atoms with Crippen molar-refractivity contribution in [1.82, 2.24) is 9.62 Å². The number of benzene rings is 1. The van der Waals surface area contributed by atoms with Crippen molar-refractivity contribution in [2.75, 3.05) is 37.1 Å². The molecule has 118 valence electrons. The summed E-state index contributed by atoms with van der Waals surface area (Å²) >= 11 is 11.2. The monoisotopic (exact) mass is 352 g/mol. The highest BCUT2D eigenvalue weighted by Gasteiger charge is 2.20. The van der Waals surface area contributed by atoms with Crippen LogP contribution in [-0.2, 0) is 10.0 Å². The van der Waals surface area contributed by atoms with Crippen LogP contribution in [0.5, 0.6) is 0 Å². The fraction of sp³-hybridized carbons (Fsp3) is 0.462. The van der Waals surface area contributed by atoms with Crippen LogP contribution in [-0.4, -0.2) is 55.8 Å². The molecule has 0 bridgehead atoms. The average molecular weight is 353 g/mol. The molecule has 5 nitrogen and oxygen atoms in total. The van der Waals surface area contributed by atoms with E-state index in [0.717, 1.165) is 0 Å². The molecular weight excluding hydrogens is 335 g/mol. The maximum atomic E-state index is 12.1. The Morgan fingerprint density at radius 3 is 2.19 bits per heavy atom. The number of hydrogen-bond donors (Lipinski definition) is 1. The van der Waals surface area contributed by atoms with Crippen LogP contribution in [0.3, 0.4) is 0 Å². The molecule has 1 rings (SSSR count). The molecule has 0 radical (unpaired) electrons. The molecule has 0 aliphatic heterocycles. The van der Waals surface area contributed by atoms with Crippen LogP contribution in [0.25, 0.3) is 0 Å². The van der Waals surface area contributed by atoms with Gasteiger partial charge < -0.3 is 5.32 Å². The summed E-state index contributed by atoms with van der Waals surface area (Å²) in [5, 5.41) is 2.58. The summed E-state index contributed by atoms with van der Waals surface area (Å²) in [7, 11) is -3.47. The number of amides is 1. The fourth-order valence-corrected chi connectivity index (χ4v) is 3.66. The van der Waals surface area contributed by atoms with E-state index in [9.17, 15) is 13.2 Å². The van der Waals surface area contributed by atoms with Crippen LogP contribution in [0.15, 0.2) is 30.3 Å². The van der Waals surface area contributed by atoms with Gasteiger partial charge in [0.05, 0.1) is 5.75 Å². The first-order valence-electron chi connectivity index (χ1n) is 6.44. The van der Waals surface area contributed by atoms with Gasteiger partial charge in [-0.25, -0.2) is 8.42 Å². The highest BCUT2D eigenvalue weighted by Crippen LogP contribution is 2.03. The number of hydrogen-bond acceptors (Lipinski definition) is 3. The van der Waals surface area contributed by atoms with Crippen molar-refractivity contribution in [3.8, 4) is 0 Å². The van der Waals surface area contributed by atoms with E-state index in [4.69, 9.17) is 23.2 Å². The second-order valence-electron chi connectivity index (χ2n) is 4.21. The molecule has 0 saturated heterocycles. The first kappa shape index (κ1) is 18.2. The zero-order valence-electron chi connectivity index (χ0n) is 11.5. The number of halogens is 2. The van der Waals surface area contributed by atoms with Crippen molar-refractivity contribution in [2.24, 2.45) is 0 Å². The molecule has 0 aliphatic rings. The summed E-state index contributed by atoms with van der Waals surface area (Å²) in [6, 6.07) is 8.62. The lowest BCUT2D eigenvalue weighted by atomic mass is 10.2. The molecule has 21 heavy (non-hydrogen) atoms. The standard InChI is InChI=1S/C13H18Cl2N2O3S/c14-6-9-17(10-7-15)21(19,20)11-8-16-13(18)12-4-2-1-3-5-12/h1-5H,6-11H2,(H,16,18). The summed E-state index contributed by atoms with van der Waals surface area (Å²) in [4.78, 5) is 11.8. The summed E-state index contributed by atoms with van der Waals surface area (Å²) < 4.78 is 25.4. The first-order valence-corrected chi connectivity index (χ1v) is 9.12. The van der Waals surface area contributed by atoms with Crippen molar-refractivity contribution >= 4 is 39.1 Å². The maximum Gasteiger partial charge on any atom is 0.251 e. The minimum absolute atomic E-state index is 0.0388. The van der Waals surface area contributed by atoms with Crippen LogP contribution < -0.4 is 5.32 Å². The topological polar surface area (TPSA) is 66.5 Å². The zero-order chi connectivity index (χ0) is 15.7. The minimum Gasteiger partial charge on any atom is -0.351 e. The van der Waals surface area contributed by atoms with E-state index in [1.54, 1.807) is 30.3 Å². The Balaban J connectivity index is 2.51. The van der Waals surface area contributed by atoms with Gasteiger partial charge in [0.15, 0.2) is 0 Å². The van der Waals surface area contributed by atoms with Crippen LogP contribution in [0.2, 0.25) is 0 Å². The van der Waals surface area contributed by atoms with Crippen molar-refractivity contribution in [2.45, 2.75) is 0 Å². The minimum atomic E-state index is -3.47. The largest absolute Gasteiger partial charge is 0.351 e. The lowest BCUT2D eigenvalue weighted by molar-refractivity contribution is 0.0956. The third-order valence-corrected chi connectivity index (χ3v) is 4.95. The zero-order valence-corrected chi connectivity index (χ0v) is 13.8. The van der Waals surface area contributed by atoms with E-state index < -0.39 is 10.0 Å². The quantitative estimate of drug-likeness (QED) is 0.685. The molecule has 1 N–H and O–H groups in total. The Morgan fingerprint density at radius 1 is 1.10 bits per heavy atom. The van der Waals surface area contributed by atoms with E-state index in [1.165, 1.54) is 4.31 Å². The highest BCUT2D eigenvalue weighted by atomic mass is 35.5. The summed E-state index contributed by atoms with van der Waals surface area (Å²) in [5.41, 5.74) is 0.494. The number of carbonyl (C=O) groups excluding carboxylic acids is 1. The first-order chi connectivity index (χ1) is 10.0. The van der Waals surface area contributed by atoms with Gasteiger partial charge in [-0.05, 0) is 12.1 Å². The van der Waals surface area contributed by atoms with Crippen LogP contribution in [0.1, 0.15) is 10.4 Å². The third kappa shape index (κ3) is 6.22. The molecule has 0 heterocycles. The number of sulfonamides is 1. The number of nitrogens with zero attached hydrogens (tertiary/aromatic N) is 1. The van der Waals surface area contributed by atoms with Gasteiger partial charge in [0, 0.05) is 37.0 Å². The molecule has 0 spiro atoms. The van der Waals surface area contributed by atoms with E-state index in [0.29, 0.717) is 5.56 Å². The van der Waals surface area contributed by atoms with Gasteiger partial charge in [-0.1, -0.05) is 18.2 Å². The lowest BCUT2D eigenvalue weighted by Gasteiger charge is -2.20. The maximum absolute atomic E-state index is 12.1. The summed E-state index contributed by atoms with van der Waals surface area (Å²) in [6.07, 6.45) is 0. The van der Waals surface area contributed by atoms with Gasteiger partial charge in [0.2, 0.25) is 10.0 Å². The van der Waals surface area contributed by atoms with Crippen LogP contribution in [0.4, 0.5) is 0 Å². The summed E-state index contributed by atoms with van der Waals surface area (Å²) in [6.45, 7) is 0.462. The van der Waals surface area contributed by atoms with Crippen LogP contribution >= 0.6 is 23.2 Å². The lowest BCUT2D eigenvalue weighted by Crippen LogP contribution is -2.39. The van der Waals surface area contributed by atoms with Gasteiger partial charge in [-0.15, -0.1) is 23.2 Å². The van der Waals surface area contributed by atoms with Crippen molar-refractivity contribution in [3.63, 3.8) is 0 Å². The Hall–Kier alpha value is -0.820. The molecule has 0 aliphatic carbocycles. The molecule has 0 atom stereocenters. The molecule has 1 aromatic rings. The fourth-order valence-electron chi connectivity index (χ4n) is 1.69. The normalized spacial score (nSPS) is 11.6. The molecule has 1 amide bonds. The Morgan fingerprint density at radius 2 is 1.67 bits per heavy atom. The van der Waals surface area contributed by atoms with Crippen molar-refractivity contribution < 1.29 is 13.2 Å². The highest BCUT2D eigenvalue weighted by molar-refractivity contribution is 7.89. The van der Waals surface area contributed by atoms with E-state index >= 15 is 0 Å². The van der Waals surface area contributed by atoms with Gasteiger partial charge >= 0.3 is 0 Å². The van der Waals surface area contributed by atoms with Crippen LogP contribution in [0, 0.1) is 0 Å². The molecular formula is C13H18Cl2N2O3S. The Labute approximate surface area is 135 Å². The SMILES string of the molecule is O=C(NCCS(=O)(=O)N(CCCl)CCCl)c1ccccc1. The smallest absolute Gasteiger partial charge is 0.251 e. The number of alkyl halides is 2. The number of carbonyl (C=O) groups is 1. The molecule has 1 aromatic carbocycles. The average Bonchev–Trinajstić information content (AvgIpc) is 2.47. The molecule has 8 heteroatoms. The second kappa shape index (κ2) is 9.25. The van der Waals surface area contributed by atoms with Gasteiger partial charge in [0.1, 0.15) is 0 Å². The predicted molar refractivity (Wildman–Crippen MR) is 85.6 cm³/mol. The van der Waals surface area contributed by atoms with E-state index in [1.807, 2.05) is 0 Å². The summed E-state index contributed by atoms with van der Waals surface area (Å²) in [5.74, 6) is -0.0785. The Kier molecular flexibility index (Phi) is 8.03. The third-order valence-electron chi connectivity index (χ3n) is 2.74. The van der Waals surface area contributed by atoms with E-state index in [2.05, 4.69) is 5.32 Å². The number of rotatable bonds is 9. The van der Waals surface area contributed by atoms with Gasteiger partial charge in [-0.2, -0.15) is 4.31 Å². The Bertz CT molecular complexity index is 532.